The number of hydrogen-bond acceptors (Lipinski definition) is 3. The highest BCUT2D eigenvalue weighted by molar-refractivity contribution is 6.34. The lowest BCUT2D eigenvalue weighted by Crippen LogP contribution is -2.40. The smallest absolute Gasteiger partial charge is 0.229 e. The van der Waals surface area contributed by atoms with E-state index < -0.39 is 0 Å². The number of anilines is 1. The molecule has 0 spiro atoms. The van der Waals surface area contributed by atoms with E-state index >= 15 is 0 Å². The Morgan fingerprint density at radius 1 is 1.42 bits per heavy atom. The van der Waals surface area contributed by atoms with Gasteiger partial charge in [-0.1, -0.05) is 36.0 Å². The van der Waals surface area contributed by atoms with E-state index in [2.05, 4.69) is 10.3 Å². The molecule has 0 radical (unpaired) electrons. The fourth-order valence-corrected chi connectivity index (χ4v) is 3.03. The van der Waals surface area contributed by atoms with Crippen LogP contribution in [0.2, 0.25) is 10.3 Å². The number of aromatic nitrogens is 1. The van der Waals surface area contributed by atoms with E-state index in [0.29, 0.717) is 10.8 Å². The highest BCUT2D eigenvalue weighted by atomic mass is 35.5. The van der Waals surface area contributed by atoms with Gasteiger partial charge < -0.3 is 11.1 Å². The zero-order valence-electron chi connectivity index (χ0n) is 10.7. The molecule has 1 saturated carbocycles. The zero-order chi connectivity index (χ0) is 14.0. The Balaban J connectivity index is 2.14. The van der Waals surface area contributed by atoms with E-state index in [0.717, 1.165) is 31.2 Å². The van der Waals surface area contributed by atoms with Crippen LogP contribution in [0.15, 0.2) is 6.07 Å². The molecule has 1 aliphatic rings. The van der Waals surface area contributed by atoms with E-state index in [1.54, 1.807) is 6.07 Å². The number of nitrogens with one attached hydrogen (secondary N) is 1. The highest BCUT2D eigenvalue weighted by Crippen LogP contribution is 2.29. The molecule has 1 amide bonds. The van der Waals surface area contributed by atoms with Gasteiger partial charge in [0.15, 0.2) is 5.15 Å². The summed E-state index contributed by atoms with van der Waals surface area (Å²) in [7, 11) is 0. The molecule has 0 bridgehead atoms. The summed E-state index contributed by atoms with van der Waals surface area (Å²) in [5.74, 6) is -0.235. The van der Waals surface area contributed by atoms with Gasteiger partial charge in [-0.05, 0) is 31.4 Å². The maximum Gasteiger partial charge on any atom is 0.229 e. The van der Waals surface area contributed by atoms with E-state index in [1.807, 2.05) is 6.92 Å². The topological polar surface area (TPSA) is 68.0 Å². The van der Waals surface area contributed by atoms with Crippen LogP contribution >= 0.6 is 23.2 Å². The van der Waals surface area contributed by atoms with Crippen molar-refractivity contribution in [1.29, 1.82) is 0 Å². The average molecular weight is 302 g/mol. The molecule has 1 aromatic rings. The lowest BCUT2D eigenvalue weighted by atomic mass is 9.84. The van der Waals surface area contributed by atoms with Gasteiger partial charge in [-0.3, -0.25) is 4.79 Å². The number of hydrogen-bond donors (Lipinski definition) is 2. The van der Waals surface area contributed by atoms with Gasteiger partial charge in [0.2, 0.25) is 5.91 Å². The molecule has 6 heteroatoms. The van der Waals surface area contributed by atoms with Crippen LogP contribution in [0.25, 0.3) is 0 Å². The summed E-state index contributed by atoms with van der Waals surface area (Å²) in [5, 5.41) is 3.36. The second-order valence-electron chi connectivity index (χ2n) is 4.97. The number of rotatable bonds is 2. The van der Waals surface area contributed by atoms with Crippen molar-refractivity contribution in [2.45, 2.75) is 38.6 Å². The van der Waals surface area contributed by atoms with Crippen molar-refractivity contribution in [2.75, 3.05) is 5.32 Å². The van der Waals surface area contributed by atoms with Gasteiger partial charge in [-0.25, -0.2) is 4.98 Å². The second kappa shape index (κ2) is 6.07. The maximum atomic E-state index is 12.3. The molecule has 0 aliphatic heterocycles. The monoisotopic (exact) mass is 301 g/mol. The predicted octanol–water partition coefficient (Wildman–Crippen LogP) is 3.15. The minimum absolute atomic E-state index is 0.0758. The summed E-state index contributed by atoms with van der Waals surface area (Å²) in [6.07, 6.45) is 3.85. The lowest BCUT2D eigenvalue weighted by molar-refractivity contribution is -0.121. The summed E-state index contributed by atoms with van der Waals surface area (Å²) >= 11 is 11.8. The summed E-state index contributed by atoms with van der Waals surface area (Å²) < 4.78 is 0. The van der Waals surface area contributed by atoms with Crippen LogP contribution in [0.4, 0.5) is 5.69 Å². The first-order valence-corrected chi connectivity index (χ1v) is 7.13. The largest absolute Gasteiger partial charge is 0.327 e. The molecular formula is C13H17Cl2N3O. The number of nitrogens with zero attached hydrogens (tertiary/aromatic N) is 1. The SMILES string of the molecule is Cc1cc(Cl)nc(Cl)c1NC(=O)C1CCCCC1N. The van der Waals surface area contributed by atoms with Gasteiger partial charge in [-0.2, -0.15) is 0 Å². The fourth-order valence-electron chi connectivity index (χ4n) is 2.45. The van der Waals surface area contributed by atoms with Crippen molar-refractivity contribution in [2.24, 2.45) is 11.7 Å². The van der Waals surface area contributed by atoms with Crippen LogP contribution in [0.3, 0.4) is 0 Å². The summed E-state index contributed by atoms with van der Waals surface area (Å²) in [5.41, 5.74) is 7.32. The van der Waals surface area contributed by atoms with Crippen molar-refractivity contribution in [1.82, 2.24) is 4.98 Å². The van der Waals surface area contributed by atoms with Crippen molar-refractivity contribution in [3.8, 4) is 0 Å². The zero-order valence-corrected chi connectivity index (χ0v) is 12.3. The summed E-state index contributed by atoms with van der Waals surface area (Å²) in [6.45, 7) is 1.83. The van der Waals surface area contributed by atoms with Crippen LogP contribution in [0.5, 0.6) is 0 Å². The minimum Gasteiger partial charge on any atom is -0.327 e. The van der Waals surface area contributed by atoms with Crippen molar-refractivity contribution in [3.05, 3.63) is 21.9 Å². The van der Waals surface area contributed by atoms with Crippen LogP contribution in [-0.4, -0.2) is 16.9 Å². The number of aryl methyl sites for hydroxylation is 1. The van der Waals surface area contributed by atoms with Gasteiger partial charge in [0.05, 0.1) is 11.6 Å². The third-order valence-corrected chi connectivity index (χ3v) is 4.01. The first kappa shape index (κ1) is 14.6. The van der Waals surface area contributed by atoms with Gasteiger partial charge in [0.1, 0.15) is 5.15 Å². The first-order valence-electron chi connectivity index (χ1n) is 6.38. The fraction of sp³-hybridized carbons (Fsp3) is 0.538. The summed E-state index contributed by atoms with van der Waals surface area (Å²) in [4.78, 5) is 16.2. The molecule has 1 aliphatic carbocycles. The predicted molar refractivity (Wildman–Crippen MR) is 77.6 cm³/mol. The molecule has 0 saturated heterocycles. The average Bonchev–Trinajstić information content (AvgIpc) is 2.34. The number of pyridine rings is 1. The number of amides is 1. The third-order valence-electron chi connectivity index (χ3n) is 3.55. The summed E-state index contributed by atoms with van der Waals surface area (Å²) in [6, 6.07) is 1.59. The van der Waals surface area contributed by atoms with Gasteiger partial charge in [0, 0.05) is 6.04 Å². The molecule has 1 fully saturated rings. The molecule has 2 rings (SSSR count). The Kier molecular flexibility index (Phi) is 4.66. The van der Waals surface area contributed by atoms with Gasteiger partial charge in [0.25, 0.3) is 0 Å². The van der Waals surface area contributed by atoms with E-state index in [4.69, 9.17) is 28.9 Å². The quantitative estimate of drug-likeness (QED) is 0.825. The lowest BCUT2D eigenvalue weighted by Gasteiger charge is -2.27. The first-order chi connectivity index (χ1) is 8.99. The molecule has 4 nitrogen and oxygen atoms in total. The molecule has 3 N–H and O–H groups in total. The number of halogens is 2. The maximum absolute atomic E-state index is 12.3. The van der Waals surface area contributed by atoms with Crippen LogP contribution in [0.1, 0.15) is 31.2 Å². The van der Waals surface area contributed by atoms with Gasteiger partial charge in [-0.15, -0.1) is 0 Å². The van der Waals surface area contributed by atoms with Crippen LogP contribution in [0, 0.1) is 12.8 Å². The van der Waals surface area contributed by atoms with Crippen molar-refractivity contribution >= 4 is 34.8 Å². The molecule has 2 atom stereocenters. The highest BCUT2D eigenvalue weighted by Gasteiger charge is 2.29. The van der Waals surface area contributed by atoms with Crippen LogP contribution < -0.4 is 11.1 Å². The molecule has 0 aromatic carbocycles. The second-order valence-corrected chi connectivity index (χ2v) is 5.72. The van der Waals surface area contributed by atoms with E-state index in [9.17, 15) is 4.79 Å². The Hall–Kier alpha value is -0.840. The standard InChI is InChI=1S/C13H17Cl2N3O/c1-7-6-10(14)17-12(15)11(7)18-13(19)8-4-2-3-5-9(8)16/h6,8-9H,2-5,16H2,1H3,(H,18,19). The number of nitrogens with two attached hydrogens (primary N) is 1. The molecule has 19 heavy (non-hydrogen) atoms. The normalized spacial score (nSPS) is 23.2. The van der Waals surface area contributed by atoms with Crippen LogP contribution in [-0.2, 0) is 4.79 Å². The molecule has 1 heterocycles. The molecule has 104 valence electrons. The Bertz CT molecular complexity index is 470. The molecule has 2 unspecified atom stereocenters. The van der Waals surface area contributed by atoms with Gasteiger partial charge >= 0.3 is 0 Å². The van der Waals surface area contributed by atoms with Crippen molar-refractivity contribution in [3.63, 3.8) is 0 Å². The Morgan fingerprint density at radius 2 is 2.11 bits per heavy atom. The molecular weight excluding hydrogens is 285 g/mol. The number of carbonyl (C=O) groups excluding carboxylic acids is 1. The Morgan fingerprint density at radius 3 is 2.74 bits per heavy atom. The minimum atomic E-state index is -0.153. The van der Waals surface area contributed by atoms with Crippen molar-refractivity contribution < 1.29 is 4.79 Å². The Labute approximate surface area is 122 Å². The van der Waals surface area contributed by atoms with E-state index in [1.165, 1.54) is 0 Å². The number of carbonyl (C=O) groups is 1. The molecule has 1 aromatic heterocycles. The third kappa shape index (κ3) is 3.38. The van der Waals surface area contributed by atoms with E-state index in [-0.39, 0.29) is 23.0 Å².